The van der Waals surface area contributed by atoms with Crippen LogP contribution in [0.2, 0.25) is 10.0 Å². The molecule has 0 aliphatic carbocycles. The normalized spacial score (nSPS) is 9.82. The van der Waals surface area contributed by atoms with Crippen molar-refractivity contribution in [2.75, 3.05) is 13.1 Å². The monoisotopic (exact) mass is 274 g/mol. The van der Waals surface area contributed by atoms with E-state index in [-0.39, 0.29) is 17.5 Å². The first-order chi connectivity index (χ1) is 8.04. The van der Waals surface area contributed by atoms with E-state index in [2.05, 4.69) is 10.6 Å². The zero-order chi connectivity index (χ0) is 12.8. The average Bonchev–Trinajstić information content (AvgIpc) is 2.26. The van der Waals surface area contributed by atoms with Gasteiger partial charge in [-0.2, -0.15) is 0 Å². The molecule has 0 unspecified atom stereocenters. The second-order valence-electron chi connectivity index (χ2n) is 3.26. The summed E-state index contributed by atoms with van der Waals surface area (Å²) in [6.45, 7) is 2.25. The third kappa shape index (κ3) is 4.24. The van der Waals surface area contributed by atoms with Crippen LogP contribution in [0.1, 0.15) is 17.3 Å². The zero-order valence-corrected chi connectivity index (χ0v) is 10.7. The fourth-order valence-electron chi connectivity index (χ4n) is 1.19. The van der Waals surface area contributed by atoms with E-state index >= 15 is 0 Å². The molecular formula is C11H12Cl2N2O2. The van der Waals surface area contributed by atoms with Gasteiger partial charge in [-0.15, -0.1) is 0 Å². The summed E-state index contributed by atoms with van der Waals surface area (Å²) in [5.41, 5.74) is 0.292. The molecule has 1 aromatic carbocycles. The number of carbonyl (C=O) groups is 2. The molecule has 4 nitrogen and oxygen atoms in total. The summed E-state index contributed by atoms with van der Waals surface area (Å²) in [4.78, 5) is 22.8. The number of likely N-dealkylation sites (N-methyl/N-ethyl adjacent to an activating group) is 1. The number of hydrogen-bond acceptors (Lipinski definition) is 2. The van der Waals surface area contributed by atoms with Crippen LogP contribution in [0.25, 0.3) is 0 Å². The Morgan fingerprint density at radius 1 is 1.24 bits per heavy atom. The molecule has 2 amide bonds. The molecule has 0 aliphatic heterocycles. The highest BCUT2D eigenvalue weighted by Crippen LogP contribution is 2.20. The first-order valence-electron chi connectivity index (χ1n) is 5.04. The molecular weight excluding hydrogens is 263 g/mol. The average molecular weight is 275 g/mol. The SMILES string of the molecule is CCNC(=O)CNC(=O)c1ccc(Cl)cc1Cl. The van der Waals surface area contributed by atoms with Crippen LogP contribution in [-0.2, 0) is 4.79 Å². The van der Waals surface area contributed by atoms with Crippen LogP contribution in [0.15, 0.2) is 18.2 Å². The van der Waals surface area contributed by atoms with E-state index in [1.54, 1.807) is 13.0 Å². The fraction of sp³-hybridized carbons (Fsp3) is 0.273. The largest absolute Gasteiger partial charge is 0.355 e. The third-order valence-electron chi connectivity index (χ3n) is 1.96. The molecule has 0 radical (unpaired) electrons. The van der Waals surface area contributed by atoms with Crippen molar-refractivity contribution >= 4 is 35.0 Å². The summed E-state index contributed by atoms with van der Waals surface area (Å²) in [6.07, 6.45) is 0. The summed E-state index contributed by atoms with van der Waals surface area (Å²) in [5.74, 6) is -0.649. The highest BCUT2D eigenvalue weighted by molar-refractivity contribution is 6.36. The molecule has 17 heavy (non-hydrogen) atoms. The van der Waals surface area contributed by atoms with Crippen molar-refractivity contribution in [3.63, 3.8) is 0 Å². The Labute approximate surface area is 109 Å². The topological polar surface area (TPSA) is 58.2 Å². The maximum atomic E-state index is 11.7. The van der Waals surface area contributed by atoms with Gasteiger partial charge >= 0.3 is 0 Å². The minimum Gasteiger partial charge on any atom is -0.355 e. The van der Waals surface area contributed by atoms with Crippen molar-refractivity contribution in [1.82, 2.24) is 10.6 Å². The van der Waals surface area contributed by atoms with Crippen LogP contribution in [0.3, 0.4) is 0 Å². The standard InChI is InChI=1S/C11H12Cl2N2O2/c1-2-14-10(16)6-15-11(17)8-4-3-7(12)5-9(8)13/h3-5H,2,6H2,1H3,(H,14,16)(H,15,17). The molecule has 0 heterocycles. The van der Waals surface area contributed by atoms with Crippen molar-refractivity contribution in [2.24, 2.45) is 0 Å². The zero-order valence-electron chi connectivity index (χ0n) is 9.22. The van der Waals surface area contributed by atoms with Gasteiger partial charge in [-0.3, -0.25) is 9.59 Å². The van der Waals surface area contributed by atoms with Gasteiger partial charge in [0.25, 0.3) is 5.91 Å². The lowest BCUT2D eigenvalue weighted by molar-refractivity contribution is -0.120. The maximum absolute atomic E-state index is 11.7. The predicted molar refractivity (Wildman–Crippen MR) is 67.5 cm³/mol. The summed E-state index contributed by atoms with van der Waals surface area (Å²) in [7, 11) is 0. The van der Waals surface area contributed by atoms with E-state index in [0.29, 0.717) is 17.1 Å². The number of halogens is 2. The third-order valence-corrected chi connectivity index (χ3v) is 2.51. The second kappa shape index (κ2) is 6.47. The summed E-state index contributed by atoms with van der Waals surface area (Å²) in [6, 6.07) is 4.55. The molecule has 6 heteroatoms. The highest BCUT2D eigenvalue weighted by Gasteiger charge is 2.11. The Bertz CT molecular complexity index is 435. The van der Waals surface area contributed by atoms with Gasteiger partial charge in [0, 0.05) is 11.6 Å². The summed E-state index contributed by atoms with van der Waals surface area (Å²) < 4.78 is 0. The fourth-order valence-corrected chi connectivity index (χ4v) is 1.68. The first-order valence-corrected chi connectivity index (χ1v) is 5.80. The van der Waals surface area contributed by atoms with Gasteiger partial charge in [-0.1, -0.05) is 23.2 Å². The number of benzene rings is 1. The van der Waals surface area contributed by atoms with Crippen LogP contribution in [0.4, 0.5) is 0 Å². The van der Waals surface area contributed by atoms with Crippen molar-refractivity contribution in [2.45, 2.75) is 6.92 Å². The number of carbonyl (C=O) groups excluding carboxylic acids is 2. The maximum Gasteiger partial charge on any atom is 0.253 e. The summed E-state index contributed by atoms with van der Waals surface area (Å²) in [5, 5.41) is 5.74. The van der Waals surface area contributed by atoms with Gasteiger partial charge in [-0.25, -0.2) is 0 Å². The Morgan fingerprint density at radius 2 is 1.94 bits per heavy atom. The molecule has 1 aromatic rings. The number of amides is 2. The quantitative estimate of drug-likeness (QED) is 0.881. The minimum atomic E-state index is -0.405. The van der Waals surface area contributed by atoms with Gasteiger partial charge < -0.3 is 10.6 Å². The van der Waals surface area contributed by atoms with Crippen molar-refractivity contribution in [1.29, 1.82) is 0 Å². The second-order valence-corrected chi connectivity index (χ2v) is 4.10. The number of rotatable bonds is 4. The lowest BCUT2D eigenvalue weighted by Crippen LogP contribution is -2.36. The van der Waals surface area contributed by atoms with E-state index in [1.807, 2.05) is 0 Å². The van der Waals surface area contributed by atoms with E-state index in [1.165, 1.54) is 12.1 Å². The van der Waals surface area contributed by atoms with Crippen LogP contribution in [0, 0.1) is 0 Å². The Balaban J connectivity index is 2.61. The van der Waals surface area contributed by atoms with Crippen LogP contribution < -0.4 is 10.6 Å². The van der Waals surface area contributed by atoms with Crippen LogP contribution >= 0.6 is 23.2 Å². The molecule has 0 aromatic heterocycles. The lowest BCUT2D eigenvalue weighted by atomic mass is 10.2. The van der Waals surface area contributed by atoms with Gasteiger partial charge in [0.05, 0.1) is 17.1 Å². The summed E-state index contributed by atoms with van der Waals surface area (Å²) >= 11 is 11.6. The molecule has 0 saturated heterocycles. The molecule has 0 spiro atoms. The Kier molecular flexibility index (Phi) is 5.25. The first kappa shape index (κ1) is 13.8. The van der Waals surface area contributed by atoms with Gasteiger partial charge in [0.2, 0.25) is 5.91 Å². The Morgan fingerprint density at radius 3 is 2.53 bits per heavy atom. The van der Waals surface area contributed by atoms with E-state index in [4.69, 9.17) is 23.2 Å². The van der Waals surface area contributed by atoms with Crippen LogP contribution in [-0.4, -0.2) is 24.9 Å². The highest BCUT2D eigenvalue weighted by atomic mass is 35.5. The minimum absolute atomic E-state index is 0.0777. The number of nitrogens with one attached hydrogen (secondary N) is 2. The van der Waals surface area contributed by atoms with Crippen molar-refractivity contribution in [3.05, 3.63) is 33.8 Å². The smallest absolute Gasteiger partial charge is 0.253 e. The van der Waals surface area contributed by atoms with E-state index < -0.39 is 5.91 Å². The molecule has 0 fully saturated rings. The van der Waals surface area contributed by atoms with E-state index in [9.17, 15) is 9.59 Å². The van der Waals surface area contributed by atoms with Gasteiger partial charge in [0.1, 0.15) is 0 Å². The van der Waals surface area contributed by atoms with Crippen LogP contribution in [0.5, 0.6) is 0 Å². The Hall–Kier alpha value is -1.26. The molecule has 2 N–H and O–H groups in total. The van der Waals surface area contributed by atoms with Gasteiger partial charge in [-0.05, 0) is 25.1 Å². The molecule has 0 saturated carbocycles. The molecule has 1 rings (SSSR count). The molecule has 0 bridgehead atoms. The molecule has 0 atom stereocenters. The predicted octanol–water partition coefficient (Wildman–Crippen LogP) is 1.86. The lowest BCUT2D eigenvalue weighted by Gasteiger charge is -2.06. The molecule has 0 aliphatic rings. The van der Waals surface area contributed by atoms with Gasteiger partial charge in [0.15, 0.2) is 0 Å². The molecule has 92 valence electrons. The number of hydrogen-bond donors (Lipinski definition) is 2. The van der Waals surface area contributed by atoms with Crippen molar-refractivity contribution < 1.29 is 9.59 Å². The van der Waals surface area contributed by atoms with E-state index in [0.717, 1.165) is 0 Å². The van der Waals surface area contributed by atoms with Crippen molar-refractivity contribution in [3.8, 4) is 0 Å².